The Bertz CT molecular complexity index is 536. The maximum Gasteiger partial charge on any atom is 0.263 e. The molecule has 2 unspecified atom stereocenters. The number of carbonyl (C=O) groups excluding carboxylic acids is 1. The standard InChI is InChI=1S/C13H16N2O3S/c1-8(6-10(16)11-4-3-5-18-11)15-13(17)12-9(2)14-7-19-12/h3-5,7-8,10,16H,6H2,1-2H3,(H,15,17). The minimum absolute atomic E-state index is 0.154. The van der Waals surface area contributed by atoms with Crippen LogP contribution in [-0.2, 0) is 0 Å². The van der Waals surface area contributed by atoms with Gasteiger partial charge >= 0.3 is 0 Å². The van der Waals surface area contributed by atoms with Crippen molar-refractivity contribution in [2.75, 3.05) is 0 Å². The van der Waals surface area contributed by atoms with Crippen LogP contribution in [-0.4, -0.2) is 22.0 Å². The topological polar surface area (TPSA) is 75.4 Å². The third-order valence-corrected chi connectivity index (χ3v) is 3.70. The lowest BCUT2D eigenvalue weighted by atomic mass is 10.1. The van der Waals surface area contributed by atoms with Crippen LogP contribution in [0.3, 0.4) is 0 Å². The highest BCUT2D eigenvalue weighted by Crippen LogP contribution is 2.19. The zero-order chi connectivity index (χ0) is 13.8. The first kappa shape index (κ1) is 13.8. The molecule has 0 radical (unpaired) electrons. The molecule has 0 aliphatic heterocycles. The van der Waals surface area contributed by atoms with E-state index in [-0.39, 0.29) is 11.9 Å². The highest BCUT2D eigenvalue weighted by Gasteiger charge is 2.18. The van der Waals surface area contributed by atoms with Crippen LogP contribution in [0.2, 0.25) is 0 Å². The summed E-state index contributed by atoms with van der Waals surface area (Å²) in [5.74, 6) is 0.356. The summed E-state index contributed by atoms with van der Waals surface area (Å²) in [4.78, 5) is 16.6. The number of aliphatic hydroxyl groups excluding tert-OH is 1. The van der Waals surface area contributed by atoms with Crippen LogP contribution < -0.4 is 5.32 Å². The first-order chi connectivity index (χ1) is 9.08. The van der Waals surface area contributed by atoms with Crippen molar-refractivity contribution < 1.29 is 14.3 Å². The maximum absolute atomic E-state index is 12.0. The van der Waals surface area contributed by atoms with Gasteiger partial charge in [-0.05, 0) is 26.0 Å². The summed E-state index contributed by atoms with van der Waals surface area (Å²) < 4.78 is 5.12. The van der Waals surface area contributed by atoms with E-state index in [0.29, 0.717) is 17.1 Å². The molecule has 2 atom stereocenters. The van der Waals surface area contributed by atoms with Gasteiger partial charge in [0.15, 0.2) is 0 Å². The zero-order valence-corrected chi connectivity index (χ0v) is 11.6. The molecule has 6 heteroatoms. The summed E-state index contributed by atoms with van der Waals surface area (Å²) >= 11 is 1.31. The first-order valence-electron chi connectivity index (χ1n) is 6.00. The largest absolute Gasteiger partial charge is 0.467 e. The number of aliphatic hydroxyl groups is 1. The van der Waals surface area contributed by atoms with Crippen molar-refractivity contribution in [2.45, 2.75) is 32.4 Å². The molecule has 0 aliphatic carbocycles. The summed E-state index contributed by atoms with van der Waals surface area (Å²) in [6.45, 7) is 3.65. The molecule has 0 saturated carbocycles. The lowest BCUT2D eigenvalue weighted by Gasteiger charge is -2.16. The normalized spacial score (nSPS) is 14.1. The highest BCUT2D eigenvalue weighted by molar-refractivity contribution is 7.11. The number of aromatic nitrogens is 1. The Hall–Kier alpha value is -1.66. The second-order valence-electron chi connectivity index (χ2n) is 4.41. The van der Waals surface area contributed by atoms with Crippen LogP contribution >= 0.6 is 11.3 Å². The van der Waals surface area contributed by atoms with E-state index in [4.69, 9.17) is 4.42 Å². The van der Waals surface area contributed by atoms with Gasteiger partial charge in [-0.1, -0.05) is 0 Å². The lowest BCUT2D eigenvalue weighted by molar-refractivity contribution is 0.0906. The predicted molar refractivity (Wildman–Crippen MR) is 72.1 cm³/mol. The van der Waals surface area contributed by atoms with Crippen molar-refractivity contribution in [1.82, 2.24) is 10.3 Å². The van der Waals surface area contributed by atoms with E-state index >= 15 is 0 Å². The van der Waals surface area contributed by atoms with Crippen LogP contribution in [0.25, 0.3) is 0 Å². The van der Waals surface area contributed by atoms with E-state index < -0.39 is 6.10 Å². The molecule has 0 aliphatic rings. The van der Waals surface area contributed by atoms with Gasteiger partial charge in [-0.15, -0.1) is 11.3 Å². The van der Waals surface area contributed by atoms with Gasteiger partial charge < -0.3 is 14.8 Å². The average Bonchev–Trinajstić information content (AvgIpc) is 2.98. The number of rotatable bonds is 5. The van der Waals surface area contributed by atoms with Crippen LogP contribution in [0.4, 0.5) is 0 Å². The van der Waals surface area contributed by atoms with Gasteiger partial charge in [0.05, 0.1) is 17.5 Å². The fourth-order valence-corrected chi connectivity index (χ4v) is 2.51. The summed E-state index contributed by atoms with van der Waals surface area (Å²) in [6, 6.07) is 3.28. The van der Waals surface area contributed by atoms with Crippen LogP contribution in [0.1, 0.15) is 40.6 Å². The van der Waals surface area contributed by atoms with E-state index in [1.54, 1.807) is 24.6 Å². The Morgan fingerprint density at radius 3 is 3.00 bits per heavy atom. The monoisotopic (exact) mass is 280 g/mol. The number of nitrogens with zero attached hydrogens (tertiary/aromatic N) is 1. The number of carbonyl (C=O) groups is 1. The molecule has 0 saturated heterocycles. The molecular formula is C13H16N2O3S. The van der Waals surface area contributed by atoms with Crippen LogP contribution in [0.15, 0.2) is 28.3 Å². The van der Waals surface area contributed by atoms with Crippen molar-refractivity contribution in [3.05, 3.63) is 40.2 Å². The SMILES string of the molecule is Cc1ncsc1C(=O)NC(C)CC(O)c1ccco1. The smallest absolute Gasteiger partial charge is 0.263 e. The Balaban J connectivity index is 1.89. The molecule has 0 spiro atoms. The second-order valence-corrected chi connectivity index (χ2v) is 5.26. The van der Waals surface area contributed by atoms with E-state index in [2.05, 4.69) is 10.3 Å². The first-order valence-corrected chi connectivity index (χ1v) is 6.88. The van der Waals surface area contributed by atoms with Crippen molar-refractivity contribution in [1.29, 1.82) is 0 Å². The van der Waals surface area contributed by atoms with Gasteiger partial charge in [-0.25, -0.2) is 4.98 Å². The Labute approximate surface area is 115 Å². The average molecular weight is 280 g/mol. The van der Waals surface area contributed by atoms with E-state index in [9.17, 15) is 9.90 Å². The van der Waals surface area contributed by atoms with Gasteiger partial charge in [0.2, 0.25) is 0 Å². The zero-order valence-electron chi connectivity index (χ0n) is 10.8. The van der Waals surface area contributed by atoms with E-state index in [0.717, 1.165) is 5.69 Å². The summed E-state index contributed by atoms with van der Waals surface area (Å²) in [7, 11) is 0. The van der Waals surface area contributed by atoms with Gasteiger partial charge in [-0.3, -0.25) is 4.79 Å². The molecule has 0 aromatic carbocycles. The number of furan rings is 1. The molecule has 2 aromatic heterocycles. The molecule has 19 heavy (non-hydrogen) atoms. The summed E-state index contributed by atoms with van der Waals surface area (Å²) in [5, 5.41) is 12.8. The van der Waals surface area contributed by atoms with Gasteiger partial charge in [-0.2, -0.15) is 0 Å². The fraction of sp³-hybridized carbons (Fsp3) is 0.385. The van der Waals surface area contributed by atoms with Crippen molar-refractivity contribution in [3.63, 3.8) is 0 Å². The number of nitrogens with one attached hydrogen (secondary N) is 1. The Morgan fingerprint density at radius 2 is 2.42 bits per heavy atom. The number of hydrogen-bond donors (Lipinski definition) is 2. The third-order valence-electron chi connectivity index (χ3n) is 2.78. The van der Waals surface area contributed by atoms with Gasteiger partial charge in [0, 0.05) is 12.5 Å². The van der Waals surface area contributed by atoms with Crippen molar-refractivity contribution in [2.24, 2.45) is 0 Å². The number of thiazole rings is 1. The Morgan fingerprint density at radius 1 is 1.63 bits per heavy atom. The van der Waals surface area contributed by atoms with Gasteiger partial charge in [0.25, 0.3) is 5.91 Å². The third kappa shape index (κ3) is 3.42. The minimum atomic E-state index is -0.715. The number of hydrogen-bond acceptors (Lipinski definition) is 5. The van der Waals surface area contributed by atoms with Crippen LogP contribution in [0, 0.1) is 6.92 Å². The number of aryl methyl sites for hydroxylation is 1. The molecule has 1 amide bonds. The summed E-state index contributed by atoms with van der Waals surface area (Å²) in [5.41, 5.74) is 2.37. The minimum Gasteiger partial charge on any atom is -0.467 e. The molecule has 2 aromatic rings. The molecule has 2 rings (SSSR count). The predicted octanol–water partition coefficient (Wildman–Crippen LogP) is 2.29. The van der Waals surface area contributed by atoms with E-state index in [1.165, 1.54) is 17.6 Å². The maximum atomic E-state index is 12.0. The summed E-state index contributed by atoms with van der Waals surface area (Å²) in [6.07, 6.45) is 1.20. The molecule has 0 fully saturated rings. The van der Waals surface area contributed by atoms with E-state index in [1.807, 2.05) is 6.92 Å². The molecule has 0 bridgehead atoms. The Kier molecular flexibility index (Phi) is 4.34. The highest BCUT2D eigenvalue weighted by atomic mass is 32.1. The molecule has 2 heterocycles. The number of amides is 1. The molecule has 2 N–H and O–H groups in total. The molecule has 5 nitrogen and oxygen atoms in total. The molecular weight excluding hydrogens is 264 g/mol. The van der Waals surface area contributed by atoms with Gasteiger partial charge in [0.1, 0.15) is 16.7 Å². The second kappa shape index (κ2) is 5.99. The lowest BCUT2D eigenvalue weighted by Crippen LogP contribution is -2.33. The van der Waals surface area contributed by atoms with Crippen molar-refractivity contribution >= 4 is 17.2 Å². The molecule has 102 valence electrons. The fourth-order valence-electron chi connectivity index (χ4n) is 1.80. The van der Waals surface area contributed by atoms with Crippen LogP contribution in [0.5, 0.6) is 0 Å². The quantitative estimate of drug-likeness (QED) is 0.881. The van der Waals surface area contributed by atoms with Crippen molar-refractivity contribution in [3.8, 4) is 0 Å².